The average molecular weight is 345 g/mol. The summed E-state index contributed by atoms with van der Waals surface area (Å²) in [5.41, 5.74) is 2.63. The van der Waals surface area contributed by atoms with Gasteiger partial charge in [0, 0.05) is 5.56 Å². The van der Waals surface area contributed by atoms with Crippen molar-refractivity contribution >= 4 is 0 Å². The molecule has 6 heteroatoms. The van der Waals surface area contributed by atoms with Gasteiger partial charge in [-0.1, -0.05) is 43.7 Å². The molecule has 0 amide bonds. The fourth-order valence-electron chi connectivity index (χ4n) is 2.57. The average Bonchev–Trinajstić information content (AvgIpc) is 3.11. The van der Waals surface area contributed by atoms with Crippen molar-refractivity contribution in [2.45, 2.75) is 32.4 Å². The van der Waals surface area contributed by atoms with Crippen molar-refractivity contribution in [3.8, 4) is 22.6 Å². The largest absolute Gasteiger partial charge is 0.435 e. The monoisotopic (exact) mass is 345 g/mol. The second-order valence-corrected chi connectivity index (χ2v) is 5.87. The van der Waals surface area contributed by atoms with Crippen LogP contribution in [0.4, 0.5) is 13.2 Å². The van der Waals surface area contributed by atoms with Crippen LogP contribution in [0.15, 0.2) is 48.5 Å². The molecule has 1 N–H and O–H groups in total. The van der Waals surface area contributed by atoms with Gasteiger partial charge in [-0.15, -0.1) is 0 Å². The lowest BCUT2D eigenvalue weighted by Crippen LogP contribution is -2.04. The minimum absolute atomic E-state index is 0.244. The standard InChI is InChI=1S/C19H18F3N3/c1-2-3-5-13-8-10-14(11-9-13)15-6-4-7-16(23-15)17-12-18(25-24-17)19(20,21)22/h4,6-12H,2-3,5H2,1H3,(H,24,25). The van der Waals surface area contributed by atoms with Crippen LogP contribution in [0, 0.1) is 0 Å². The molecule has 0 atom stereocenters. The number of aromatic nitrogens is 3. The molecule has 3 nitrogen and oxygen atoms in total. The first-order valence-electron chi connectivity index (χ1n) is 8.16. The van der Waals surface area contributed by atoms with Crippen molar-refractivity contribution in [1.82, 2.24) is 15.2 Å². The first-order chi connectivity index (χ1) is 12.0. The summed E-state index contributed by atoms with van der Waals surface area (Å²) in [7, 11) is 0. The molecule has 3 rings (SSSR count). The van der Waals surface area contributed by atoms with Crippen LogP contribution >= 0.6 is 0 Å². The lowest BCUT2D eigenvalue weighted by Gasteiger charge is -2.05. The number of benzene rings is 1. The Kier molecular flexibility index (Phi) is 4.88. The van der Waals surface area contributed by atoms with Crippen LogP contribution in [0.5, 0.6) is 0 Å². The number of nitrogens with one attached hydrogen (secondary N) is 1. The zero-order valence-electron chi connectivity index (χ0n) is 13.8. The lowest BCUT2D eigenvalue weighted by atomic mass is 10.0. The molecule has 2 heterocycles. The number of alkyl halides is 3. The van der Waals surface area contributed by atoms with Gasteiger partial charge in [0.25, 0.3) is 0 Å². The molecule has 2 aromatic heterocycles. The van der Waals surface area contributed by atoms with Gasteiger partial charge < -0.3 is 0 Å². The number of rotatable bonds is 5. The Labute approximate surface area is 143 Å². The fraction of sp³-hybridized carbons (Fsp3) is 0.263. The molecular weight excluding hydrogens is 327 g/mol. The molecular formula is C19H18F3N3. The van der Waals surface area contributed by atoms with Crippen LogP contribution in [0.2, 0.25) is 0 Å². The molecule has 0 radical (unpaired) electrons. The van der Waals surface area contributed by atoms with E-state index in [4.69, 9.17) is 0 Å². The van der Waals surface area contributed by atoms with Crippen LogP contribution < -0.4 is 0 Å². The van der Waals surface area contributed by atoms with Crippen molar-refractivity contribution in [2.24, 2.45) is 0 Å². The number of nitrogens with zero attached hydrogens (tertiary/aromatic N) is 2. The minimum atomic E-state index is -4.47. The van der Waals surface area contributed by atoms with E-state index in [0.717, 1.165) is 30.9 Å². The van der Waals surface area contributed by atoms with E-state index in [1.807, 2.05) is 18.2 Å². The van der Waals surface area contributed by atoms with Gasteiger partial charge in [0.2, 0.25) is 0 Å². The molecule has 0 fully saturated rings. The van der Waals surface area contributed by atoms with Gasteiger partial charge in [-0.05, 0) is 36.6 Å². The second-order valence-electron chi connectivity index (χ2n) is 5.87. The molecule has 1 aromatic carbocycles. The Morgan fingerprint density at radius 3 is 2.36 bits per heavy atom. The van der Waals surface area contributed by atoms with Crippen LogP contribution in [0.3, 0.4) is 0 Å². The van der Waals surface area contributed by atoms with Gasteiger partial charge >= 0.3 is 6.18 Å². The predicted molar refractivity (Wildman–Crippen MR) is 90.9 cm³/mol. The second kappa shape index (κ2) is 7.09. The van der Waals surface area contributed by atoms with Crippen LogP contribution in [-0.4, -0.2) is 15.2 Å². The van der Waals surface area contributed by atoms with Gasteiger partial charge in [-0.3, -0.25) is 5.10 Å². The van der Waals surface area contributed by atoms with Gasteiger partial charge in [-0.25, -0.2) is 4.98 Å². The van der Waals surface area contributed by atoms with Crippen molar-refractivity contribution in [1.29, 1.82) is 0 Å². The van der Waals surface area contributed by atoms with E-state index < -0.39 is 11.9 Å². The summed E-state index contributed by atoms with van der Waals surface area (Å²) < 4.78 is 38.1. The third-order valence-electron chi connectivity index (χ3n) is 3.96. The van der Waals surface area contributed by atoms with Crippen molar-refractivity contribution in [3.63, 3.8) is 0 Å². The van der Waals surface area contributed by atoms with E-state index in [9.17, 15) is 13.2 Å². The SMILES string of the molecule is CCCCc1ccc(-c2cccc(-c3cc(C(F)(F)F)n[nH]3)n2)cc1. The van der Waals surface area contributed by atoms with Gasteiger partial charge in [0.05, 0.1) is 17.1 Å². The number of aromatic amines is 1. The summed E-state index contributed by atoms with van der Waals surface area (Å²) >= 11 is 0. The Balaban J connectivity index is 1.85. The van der Waals surface area contributed by atoms with E-state index in [0.29, 0.717) is 11.4 Å². The highest BCUT2D eigenvalue weighted by Gasteiger charge is 2.34. The van der Waals surface area contributed by atoms with Crippen LogP contribution in [-0.2, 0) is 12.6 Å². The number of H-pyrrole nitrogens is 1. The molecule has 0 saturated carbocycles. The summed E-state index contributed by atoms with van der Waals surface area (Å²) in [5.74, 6) is 0. The highest BCUT2D eigenvalue weighted by molar-refractivity contribution is 5.64. The maximum absolute atomic E-state index is 12.7. The van der Waals surface area contributed by atoms with Crippen molar-refractivity contribution < 1.29 is 13.2 Å². The lowest BCUT2D eigenvalue weighted by molar-refractivity contribution is -0.141. The fourth-order valence-corrected chi connectivity index (χ4v) is 2.57. The molecule has 0 spiro atoms. The van der Waals surface area contributed by atoms with Crippen LogP contribution in [0.1, 0.15) is 31.0 Å². The molecule has 25 heavy (non-hydrogen) atoms. The Morgan fingerprint density at radius 2 is 1.72 bits per heavy atom. The summed E-state index contributed by atoms with van der Waals surface area (Å²) in [6, 6.07) is 14.4. The predicted octanol–water partition coefficient (Wildman–Crippen LogP) is 5.50. The maximum Gasteiger partial charge on any atom is 0.435 e. The zero-order chi connectivity index (χ0) is 17.9. The first-order valence-corrected chi connectivity index (χ1v) is 8.16. The minimum Gasteiger partial charge on any atom is -0.276 e. The highest BCUT2D eigenvalue weighted by Crippen LogP contribution is 2.30. The normalized spacial score (nSPS) is 11.7. The number of pyridine rings is 1. The first kappa shape index (κ1) is 17.2. The number of hydrogen-bond donors (Lipinski definition) is 1. The topological polar surface area (TPSA) is 41.6 Å². The number of aryl methyl sites for hydroxylation is 1. The molecule has 0 bridgehead atoms. The molecule has 0 unspecified atom stereocenters. The van der Waals surface area contributed by atoms with E-state index >= 15 is 0 Å². The Morgan fingerprint density at radius 1 is 1.00 bits per heavy atom. The molecule has 0 aliphatic heterocycles. The summed E-state index contributed by atoms with van der Waals surface area (Å²) in [6.45, 7) is 2.16. The Bertz CT molecular complexity index is 836. The highest BCUT2D eigenvalue weighted by atomic mass is 19.4. The smallest absolute Gasteiger partial charge is 0.276 e. The maximum atomic E-state index is 12.7. The number of halogens is 3. The third kappa shape index (κ3) is 4.07. The summed E-state index contributed by atoms with van der Waals surface area (Å²) in [5, 5.41) is 5.72. The van der Waals surface area contributed by atoms with Gasteiger partial charge in [0.1, 0.15) is 0 Å². The summed E-state index contributed by atoms with van der Waals surface area (Å²) in [6.07, 6.45) is -1.14. The summed E-state index contributed by atoms with van der Waals surface area (Å²) in [4.78, 5) is 4.46. The molecule has 130 valence electrons. The van der Waals surface area contributed by atoms with Gasteiger partial charge in [-0.2, -0.15) is 18.3 Å². The molecule has 0 aliphatic carbocycles. The molecule has 0 saturated heterocycles. The van der Waals surface area contributed by atoms with E-state index in [2.05, 4.69) is 34.2 Å². The zero-order valence-corrected chi connectivity index (χ0v) is 13.8. The van der Waals surface area contributed by atoms with Crippen LogP contribution in [0.25, 0.3) is 22.6 Å². The third-order valence-corrected chi connectivity index (χ3v) is 3.96. The molecule has 0 aliphatic rings. The van der Waals surface area contributed by atoms with Crippen molar-refractivity contribution in [3.05, 3.63) is 59.8 Å². The van der Waals surface area contributed by atoms with E-state index in [1.54, 1.807) is 12.1 Å². The van der Waals surface area contributed by atoms with Gasteiger partial charge in [0.15, 0.2) is 5.69 Å². The van der Waals surface area contributed by atoms with E-state index in [1.165, 1.54) is 5.56 Å². The van der Waals surface area contributed by atoms with E-state index in [-0.39, 0.29) is 5.69 Å². The van der Waals surface area contributed by atoms with Crippen molar-refractivity contribution in [2.75, 3.05) is 0 Å². The quantitative estimate of drug-likeness (QED) is 0.663. The molecule has 3 aromatic rings. The number of hydrogen-bond acceptors (Lipinski definition) is 2. The Hall–Kier alpha value is -2.63. The number of unbranched alkanes of at least 4 members (excludes halogenated alkanes) is 1.